The van der Waals surface area contributed by atoms with Crippen LogP contribution < -0.4 is 16.2 Å². The van der Waals surface area contributed by atoms with Crippen molar-refractivity contribution in [2.75, 3.05) is 32.5 Å². The molecule has 9 heteroatoms. The van der Waals surface area contributed by atoms with Crippen LogP contribution in [-0.4, -0.2) is 61.1 Å². The van der Waals surface area contributed by atoms with Crippen molar-refractivity contribution in [2.24, 2.45) is 34.4 Å². The fourth-order valence-corrected chi connectivity index (χ4v) is 5.29. The number of hydrogen-bond acceptors (Lipinski definition) is 7. The number of aliphatic imine (C=N–C) groups is 1. The Morgan fingerprint density at radius 3 is 2.66 bits per heavy atom. The molecule has 0 aromatic carbocycles. The first-order valence-electron chi connectivity index (χ1n) is 11.4. The van der Waals surface area contributed by atoms with Crippen LogP contribution >= 0.6 is 0 Å². The second-order valence-electron chi connectivity index (χ2n) is 9.58. The number of alkyl halides is 2. The number of hydrogen-bond donors (Lipinski definition) is 2. The van der Waals surface area contributed by atoms with Gasteiger partial charge in [-0.2, -0.15) is 8.78 Å². The molecule has 0 radical (unpaired) electrons. The smallest absolute Gasteiger partial charge is 0.387 e. The van der Waals surface area contributed by atoms with Crippen LogP contribution in [0, 0.1) is 23.7 Å². The molecule has 2 atom stereocenters. The number of aromatic nitrogens is 1. The number of nitrogen functional groups attached to an aromatic ring is 1. The van der Waals surface area contributed by atoms with Crippen LogP contribution in [0.25, 0.3) is 5.70 Å². The lowest BCUT2D eigenvalue weighted by atomic mass is 9.98. The number of methoxy groups -OCH3 is 1. The van der Waals surface area contributed by atoms with Gasteiger partial charge in [0.05, 0.1) is 6.10 Å². The third kappa shape index (κ3) is 4.45. The van der Waals surface area contributed by atoms with Gasteiger partial charge in [-0.15, -0.1) is 0 Å². The zero-order valence-electron chi connectivity index (χ0n) is 18.3. The van der Waals surface area contributed by atoms with E-state index in [0.717, 1.165) is 25.3 Å². The number of nitrogens with two attached hydrogens (primary N) is 2. The molecule has 32 heavy (non-hydrogen) atoms. The van der Waals surface area contributed by atoms with Crippen molar-refractivity contribution in [3.8, 4) is 5.75 Å². The van der Waals surface area contributed by atoms with Gasteiger partial charge in [0.25, 0.3) is 0 Å². The molecule has 4 N–H and O–H groups in total. The lowest BCUT2D eigenvalue weighted by Gasteiger charge is -2.43. The van der Waals surface area contributed by atoms with E-state index in [0.29, 0.717) is 47.1 Å². The number of halogens is 2. The molecule has 3 saturated carbocycles. The molecule has 4 aliphatic rings. The quantitative estimate of drug-likeness (QED) is 0.565. The summed E-state index contributed by atoms with van der Waals surface area (Å²) < 4.78 is 35.2. The Kier molecular flexibility index (Phi) is 5.79. The van der Waals surface area contributed by atoms with E-state index in [1.54, 1.807) is 7.11 Å². The van der Waals surface area contributed by atoms with Crippen molar-refractivity contribution in [3.05, 3.63) is 23.9 Å². The van der Waals surface area contributed by atoms with Gasteiger partial charge >= 0.3 is 6.61 Å². The fraction of sp³-hybridized carbons (Fsp3) is 0.652. The standard InChI is InChI=1S/C23H31F2N5O2/c1-31-15-10-30(11-15)14-5-16-17(6-14)21(16)19(28-8-12-2-3-12)7-18(26)13-4-20(32-23(24)25)22(27)29-9-13/h4,7,9,12,14-17,21,23H,2-3,5-6,8,10-11,26H2,1H3,(H2,27,29). The van der Waals surface area contributed by atoms with E-state index >= 15 is 0 Å². The highest BCUT2D eigenvalue weighted by atomic mass is 19.3. The van der Waals surface area contributed by atoms with Crippen molar-refractivity contribution in [1.82, 2.24) is 9.88 Å². The van der Waals surface area contributed by atoms with Crippen LogP contribution in [0.4, 0.5) is 14.6 Å². The monoisotopic (exact) mass is 447 g/mol. The molecule has 2 unspecified atom stereocenters. The predicted octanol–water partition coefficient (Wildman–Crippen LogP) is 2.77. The molecule has 1 aliphatic heterocycles. The molecule has 1 aromatic heterocycles. The summed E-state index contributed by atoms with van der Waals surface area (Å²) in [6.07, 6.45) is 8.63. The Morgan fingerprint density at radius 1 is 1.31 bits per heavy atom. The largest absolute Gasteiger partial charge is 0.431 e. The number of nitrogens with zero attached hydrogens (tertiary/aromatic N) is 3. The average Bonchev–Trinajstić information content (AvgIpc) is 3.63. The minimum Gasteiger partial charge on any atom is -0.431 e. The van der Waals surface area contributed by atoms with Gasteiger partial charge in [-0.25, -0.2) is 4.98 Å². The third-order valence-electron chi connectivity index (χ3n) is 7.45. The lowest BCUT2D eigenvalue weighted by molar-refractivity contribution is -0.0517. The van der Waals surface area contributed by atoms with Crippen LogP contribution in [-0.2, 0) is 4.74 Å². The van der Waals surface area contributed by atoms with E-state index in [4.69, 9.17) is 21.2 Å². The average molecular weight is 448 g/mol. The summed E-state index contributed by atoms with van der Waals surface area (Å²) in [5.41, 5.74) is 14.0. The first-order chi connectivity index (χ1) is 15.4. The lowest BCUT2D eigenvalue weighted by Crippen LogP contribution is -2.55. The highest BCUT2D eigenvalue weighted by Crippen LogP contribution is 2.59. The summed E-state index contributed by atoms with van der Waals surface area (Å²) >= 11 is 0. The first-order valence-corrected chi connectivity index (χ1v) is 11.4. The molecule has 1 aromatic rings. The van der Waals surface area contributed by atoms with E-state index in [9.17, 15) is 8.78 Å². The van der Waals surface area contributed by atoms with Gasteiger partial charge in [-0.1, -0.05) is 0 Å². The van der Waals surface area contributed by atoms with E-state index in [1.165, 1.54) is 37.9 Å². The number of likely N-dealkylation sites (tertiary alicyclic amines) is 1. The summed E-state index contributed by atoms with van der Waals surface area (Å²) in [6, 6.07) is 2.06. The predicted molar refractivity (Wildman–Crippen MR) is 118 cm³/mol. The highest BCUT2D eigenvalue weighted by Gasteiger charge is 2.59. The van der Waals surface area contributed by atoms with Crippen molar-refractivity contribution >= 4 is 17.2 Å². The van der Waals surface area contributed by atoms with E-state index in [2.05, 4.69) is 14.6 Å². The van der Waals surface area contributed by atoms with Gasteiger partial charge in [0.2, 0.25) is 0 Å². The zero-order chi connectivity index (χ0) is 22.4. The van der Waals surface area contributed by atoms with Crippen LogP contribution in [0.1, 0.15) is 31.2 Å². The third-order valence-corrected chi connectivity index (χ3v) is 7.45. The van der Waals surface area contributed by atoms with E-state index in [1.807, 2.05) is 6.08 Å². The Bertz CT molecular complexity index is 902. The summed E-state index contributed by atoms with van der Waals surface area (Å²) in [7, 11) is 1.78. The van der Waals surface area contributed by atoms with Gasteiger partial charge in [0.15, 0.2) is 11.6 Å². The van der Waals surface area contributed by atoms with Gasteiger partial charge < -0.3 is 20.9 Å². The maximum Gasteiger partial charge on any atom is 0.387 e. The molecule has 0 bridgehead atoms. The van der Waals surface area contributed by atoms with Crippen LogP contribution in [0.15, 0.2) is 23.3 Å². The minimum atomic E-state index is -2.97. The zero-order valence-corrected chi connectivity index (χ0v) is 18.3. The topological polar surface area (TPSA) is 99.0 Å². The molecule has 3 aliphatic carbocycles. The summed E-state index contributed by atoms with van der Waals surface area (Å²) in [4.78, 5) is 11.4. The Hall–Kier alpha value is -2.26. The normalized spacial score (nSPS) is 31.0. The van der Waals surface area contributed by atoms with E-state index in [-0.39, 0.29) is 11.6 Å². The number of pyridine rings is 1. The molecule has 5 rings (SSSR count). The molecule has 1 saturated heterocycles. The van der Waals surface area contributed by atoms with Gasteiger partial charge in [0, 0.05) is 61.9 Å². The molecule has 174 valence electrons. The fourth-order valence-electron chi connectivity index (χ4n) is 5.29. The molecule has 0 spiro atoms. The number of ether oxygens (including phenoxy) is 2. The Balaban J connectivity index is 1.29. The summed E-state index contributed by atoms with van der Waals surface area (Å²) in [6.45, 7) is -0.0682. The summed E-state index contributed by atoms with van der Waals surface area (Å²) in [5, 5.41) is 0. The van der Waals surface area contributed by atoms with Crippen LogP contribution in [0.2, 0.25) is 0 Å². The highest BCUT2D eigenvalue weighted by molar-refractivity contribution is 6.04. The summed E-state index contributed by atoms with van der Waals surface area (Å²) in [5.74, 6) is 2.15. The maximum absolute atomic E-state index is 12.6. The molecule has 2 heterocycles. The first kappa shape index (κ1) is 21.6. The Labute approximate surface area is 186 Å². The molecule has 4 fully saturated rings. The second-order valence-corrected chi connectivity index (χ2v) is 9.58. The minimum absolute atomic E-state index is 0.0889. The van der Waals surface area contributed by atoms with Crippen molar-refractivity contribution in [2.45, 2.75) is 44.4 Å². The molecule has 0 amide bonds. The van der Waals surface area contributed by atoms with Crippen molar-refractivity contribution in [3.63, 3.8) is 0 Å². The van der Waals surface area contributed by atoms with Crippen LogP contribution in [0.5, 0.6) is 5.75 Å². The SMILES string of the molecule is COC1CN(C2CC3C(C2)C3C(C=C(N)c2cnc(N)c(OC(F)F)c2)=NCC2CC2)C1. The maximum atomic E-state index is 12.6. The van der Waals surface area contributed by atoms with Gasteiger partial charge in [-0.3, -0.25) is 9.89 Å². The second kappa shape index (κ2) is 8.59. The number of anilines is 1. The Morgan fingerprint density at radius 2 is 2.03 bits per heavy atom. The number of allylic oxidation sites excluding steroid dienone is 1. The van der Waals surface area contributed by atoms with Crippen molar-refractivity contribution < 1.29 is 18.3 Å². The van der Waals surface area contributed by atoms with Crippen molar-refractivity contribution in [1.29, 1.82) is 0 Å². The molecular formula is C23H31F2N5O2. The number of rotatable bonds is 9. The molecule has 7 nitrogen and oxygen atoms in total. The van der Waals surface area contributed by atoms with E-state index < -0.39 is 6.61 Å². The molecular weight excluding hydrogens is 416 g/mol. The van der Waals surface area contributed by atoms with Gasteiger partial charge in [0.1, 0.15) is 0 Å². The number of fused-ring (bicyclic) bond motifs is 1. The van der Waals surface area contributed by atoms with Crippen LogP contribution in [0.3, 0.4) is 0 Å². The van der Waals surface area contributed by atoms with Gasteiger partial charge in [-0.05, 0) is 55.6 Å².